The van der Waals surface area contributed by atoms with Crippen LogP contribution in [0.1, 0.15) is 31.4 Å². The Balaban J connectivity index is 1.77. The lowest BCUT2D eigenvalue weighted by Gasteiger charge is -2.28. The van der Waals surface area contributed by atoms with Crippen molar-refractivity contribution in [3.63, 3.8) is 0 Å². The topological polar surface area (TPSA) is 37.8 Å². The van der Waals surface area contributed by atoms with Gasteiger partial charge in [0.15, 0.2) is 0 Å². The van der Waals surface area contributed by atoms with E-state index in [1.165, 1.54) is 25.7 Å². The maximum Gasteiger partial charge on any atom is 0.0724 e. The number of aromatic nitrogens is 2. The standard InChI is InChI=1S/C12H19N3S/c1-16-12-4-2-3-10(7-12)15-9-11-8-13-5-6-14-11/h5-6,8,10,12,15H,2-4,7,9H2,1H3. The Morgan fingerprint density at radius 2 is 2.38 bits per heavy atom. The van der Waals surface area contributed by atoms with Gasteiger partial charge >= 0.3 is 0 Å². The SMILES string of the molecule is CSC1CCCC(NCc2cnccn2)C1. The fourth-order valence-corrected chi connectivity index (χ4v) is 3.04. The van der Waals surface area contributed by atoms with Crippen molar-refractivity contribution in [3.8, 4) is 0 Å². The second-order valence-electron chi connectivity index (χ2n) is 4.30. The highest BCUT2D eigenvalue weighted by Crippen LogP contribution is 2.26. The molecule has 0 amide bonds. The molecule has 1 aromatic heterocycles. The summed E-state index contributed by atoms with van der Waals surface area (Å²) in [5, 5.41) is 4.43. The van der Waals surface area contributed by atoms with Crippen LogP contribution in [-0.2, 0) is 6.54 Å². The van der Waals surface area contributed by atoms with Gasteiger partial charge in [-0.05, 0) is 25.5 Å². The van der Waals surface area contributed by atoms with Crippen molar-refractivity contribution in [3.05, 3.63) is 24.3 Å². The van der Waals surface area contributed by atoms with Gasteiger partial charge in [0, 0.05) is 36.4 Å². The molecule has 0 radical (unpaired) electrons. The van der Waals surface area contributed by atoms with Crippen LogP contribution in [0.25, 0.3) is 0 Å². The molecule has 4 heteroatoms. The maximum atomic E-state index is 4.27. The Hall–Kier alpha value is -0.610. The van der Waals surface area contributed by atoms with E-state index in [1.54, 1.807) is 12.4 Å². The van der Waals surface area contributed by atoms with Crippen molar-refractivity contribution >= 4 is 11.8 Å². The Labute approximate surface area is 101 Å². The van der Waals surface area contributed by atoms with Gasteiger partial charge in [0.1, 0.15) is 0 Å². The van der Waals surface area contributed by atoms with E-state index in [0.29, 0.717) is 6.04 Å². The van der Waals surface area contributed by atoms with Crippen LogP contribution in [0.4, 0.5) is 0 Å². The molecule has 1 aliphatic carbocycles. The summed E-state index contributed by atoms with van der Waals surface area (Å²) in [5.74, 6) is 0. The number of hydrogen-bond acceptors (Lipinski definition) is 4. The highest BCUT2D eigenvalue weighted by Gasteiger charge is 2.20. The van der Waals surface area contributed by atoms with E-state index in [-0.39, 0.29) is 0 Å². The van der Waals surface area contributed by atoms with Gasteiger partial charge in [-0.1, -0.05) is 6.42 Å². The van der Waals surface area contributed by atoms with Crippen molar-refractivity contribution in [2.45, 2.75) is 43.5 Å². The van der Waals surface area contributed by atoms with Crippen LogP contribution >= 0.6 is 11.8 Å². The van der Waals surface area contributed by atoms with Gasteiger partial charge in [-0.15, -0.1) is 0 Å². The third-order valence-electron chi connectivity index (χ3n) is 3.15. The molecule has 1 saturated carbocycles. The summed E-state index contributed by atoms with van der Waals surface area (Å²) in [6.45, 7) is 0.847. The van der Waals surface area contributed by atoms with Crippen LogP contribution in [0, 0.1) is 0 Å². The largest absolute Gasteiger partial charge is 0.308 e. The molecular formula is C12H19N3S. The van der Waals surface area contributed by atoms with Gasteiger partial charge in [-0.25, -0.2) is 0 Å². The highest BCUT2D eigenvalue weighted by atomic mass is 32.2. The molecule has 1 fully saturated rings. The zero-order chi connectivity index (χ0) is 11.2. The molecule has 88 valence electrons. The highest BCUT2D eigenvalue weighted by molar-refractivity contribution is 7.99. The molecule has 1 N–H and O–H groups in total. The molecule has 2 unspecified atom stereocenters. The Morgan fingerprint density at radius 1 is 1.44 bits per heavy atom. The molecule has 0 saturated heterocycles. The smallest absolute Gasteiger partial charge is 0.0724 e. The van der Waals surface area contributed by atoms with Crippen LogP contribution in [0.2, 0.25) is 0 Å². The number of nitrogens with zero attached hydrogens (tertiary/aromatic N) is 2. The Morgan fingerprint density at radius 3 is 3.12 bits per heavy atom. The summed E-state index contributed by atoms with van der Waals surface area (Å²) in [6, 6.07) is 0.660. The first-order valence-electron chi connectivity index (χ1n) is 5.89. The molecule has 0 spiro atoms. The fraction of sp³-hybridized carbons (Fsp3) is 0.667. The van der Waals surface area contributed by atoms with E-state index in [4.69, 9.17) is 0 Å². The quantitative estimate of drug-likeness (QED) is 0.871. The second kappa shape index (κ2) is 6.21. The van der Waals surface area contributed by atoms with Crippen LogP contribution < -0.4 is 5.32 Å². The summed E-state index contributed by atoms with van der Waals surface area (Å²) in [6.07, 6.45) is 12.8. The lowest BCUT2D eigenvalue weighted by Crippen LogP contribution is -2.34. The number of hydrogen-bond donors (Lipinski definition) is 1. The Kier molecular flexibility index (Phi) is 4.60. The molecule has 0 bridgehead atoms. The summed E-state index contributed by atoms with van der Waals surface area (Å²) in [4.78, 5) is 8.35. The molecule has 2 rings (SSSR count). The minimum atomic E-state index is 0.660. The summed E-state index contributed by atoms with van der Waals surface area (Å²) in [5.41, 5.74) is 1.04. The number of rotatable bonds is 4. The van der Waals surface area contributed by atoms with Crippen molar-refractivity contribution in [2.24, 2.45) is 0 Å². The first kappa shape index (κ1) is 11.9. The molecule has 1 aromatic rings. The predicted molar refractivity (Wildman–Crippen MR) is 68.4 cm³/mol. The first-order valence-corrected chi connectivity index (χ1v) is 7.18. The van der Waals surface area contributed by atoms with E-state index in [9.17, 15) is 0 Å². The van der Waals surface area contributed by atoms with Gasteiger partial charge in [0.05, 0.1) is 5.69 Å². The van der Waals surface area contributed by atoms with Crippen LogP contribution in [-0.4, -0.2) is 27.5 Å². The monoisotopic (exact) mass is 237 g/mol. The first-order chi connectivity index (χ1) is 7.88. The van der Waals surface area contributed by atoms with Gasteiger partial charge in [0.25, 0.3) is 0 Å². The number of nitrogens with one attached hydrogen (secondary N) is 1. The van der Waals surface area contributed by atoms with Gasteiger partial charge < -0.3 is 5.32 Å². The lowest BCUT2D eigenvalue weighted by atomic mass is 9.95. The van der Waals surface area contributed by atoms with Crippen molar-refractivity contribution in [1.29, 1.82) is 0 Å². The third-order valence-corrected chi connectivity index (χ3v) is 4.24. The normalized spacial score (nSPS) is 25.6. The average molecular weight is 237 g/mol. The summed E-state index contributed by atoms with van der Waals surface area (Å²) < 4.78 is 0. The molecule has 1 aliphatic rings. The molecular weight excluding hydrogens is 218 g/mol. The maximum absolute atomic E-state index is 4.27. The predicted octanol–water partition coefficient (Wildman–Crippen LogP) is 2.24. The molecule has 1 heterocycles. The van der Waals surface area contributed by atoms with E-state index < -0.39 is 0 Å². The van der Waals surface area contributed by atoms with E-state index in [2.05, 4.69) is 21.5 Å². The van der Waals surface area contributed by atoms with Crippen molar-refractivity contribution in [1.82, 2.24) is 15.3 Å². The molecule has 0 aliphatic heterocycles. The van der Waals surface area contributed by atoms with Crippen LogP contribution in [0.15, 0.2) is 18.6 Å². The lowest BCUT2D eigenvalue weighted by molar-refractivity contribution is 0.378. The van der Waals surface area contributed by atoms with Gasteiger partial charge in [-0.3, -0.25) is 9.97 Å². The van der Waals surface area contributed by atoms with Gasteiger partial charge in [0.2, 0.25) is 0 Å². The van der Waals surface area contributed by atoms with Crippen molar-refractivity contribution in [2.75, 3.05) is 6.26 Å². The van der Waals surface area contributed by atoms with Crippen molar-refractivity contribution < 1.29 is 0 Å². The summed E-state index contributed by atoms with van der Waals surface area (Å²) in [7, 11) is 0. The molecule has 2 atom stereocenters. The fourth-order valence-electron chi connectivity index (χ4n) is 2.21. The zero-order valence-corrected chi connectivity index (χ0v) is 10.5. The number of thioether (sulfide) groups is 1. The zero-order valence-electron chi connectivity index (χ0n) is 9.72. The average Bonchev–Trinajstić information content (AvgIpc) is 2.38. The minimum Gasteiger partial charge on any atom is -0.308 e. The van der Waals surface area contributed by atoms with E-state index in [1.807, 2.05) is 18.0 Å². The van der Waals surface area contributed by atoms with Gasteiger partial charge in [-0.2, -0.15) is 11.8 Å². The summed E-state index contributed by atoms with van der Waals surface area (Å²) >= 11 is 2.00. The third kappa shape index (κ3) is 3.46. The molecule has 16 heavy (non-hydrogen) atoms. The molecule has 0 aromatic carbocycles. The van der Waals surface area contributed by atoms with E-state index >= 15 is 0 Å². The molecule has 3 nitrogen and oxygen atoms in total. The second-order valence-corrected chi connectivity index (χ2v) is 5.44. The van der Waals surface area contributed by atoms with Crippen LogP contribution in [0.3, 0.4) is 0 Å². The van der Waals surface area contributed by atoms with Crippen LogP contribution in [0.5, 0.6) is 0 Å². The minimum absolute atomic E-state index is 0.660. The Bertz CT molecular complexity index is 304. The van der Waals surface area contributed by atoms with E-state index in [0.717, 1.165) is 17.5 Å².